The van der Waals surface area contributed by atoms with Crippen LogP contribution in [-0.2, 0) is 7.05 Å². The first kappa shape index (κ1) is 17.3. The molecule has 24 heavy (non-hydrogen) atoms. The monoisotopic (exact) mass is 340 g/mol. The van der Waals surface area contributed by atoms with Crippen molar-refractivity contribution in [3.05, 3.63) is 45.8 Å². The van der Waals surface area contributed by atoms with Gasteiger partial charge >= 0.3 is 0 Å². The molecular formula is C14H14F2N4O4. The molecule has 1 heterocycles. The van der Waals surface area contributed by atoms with Crippen molar-refractivity contribution in [1.82, 2.24) is 9.78 Å². The summed E-state index contributed by atoms with van der Waals surface area (Å²) >= 11 is 0. The number of carbonyl (C=O) groups excluding carboxylic acids is 1. The maximum Gasteiger partial charge on any atom is 0.275 e. The van der Waals surface area contributed by atoms with E-state index in [9.17, 15) is 23.7 Å². The third-order valence-electron chi connectivity index (χ3n) is 3.22. The molecule has 0 fully saturated rings. The van der Waals surface area contributed by atoms with E-state index in [-0.39, 0.29) is 17.1 Å². The zero-order valence-electron chi connectivity index (χ0n) is 12.8. The minimum atomic E-state index is -2.72. The molecule has 0 bridgehead atoms. The fourth-order valence-electron chi connectivity index (χ4n) is 1.92. The lowest BCUT2D eigenvalue weighted by molar-refractivity contribution is -0.384. The Balaban J connectivity index is 2.26. The fraction of sp³-hybridized carbons (Fsp3) is 0.286. The molecule has 0 aliphatic carbocycles. The first-order chi connectivity index (χ1) is 11.3. The number of anilines is 1. The molecule has 128 valence electrons. The number of nitro groups is 1. The van der Waals surface area contributed by atoms with Crippen LogP contribution in [-0.4, -0.2) is 33.6 Å². The van der Waals surface area contributed by atoms with E-state index in [2.05, 4.69) is 10.4 Å². The minimum Gasteiger partial charge on any atom is -0.487 e. The molecule has 1 amide bonds. The lowest BCUT2D eigenvalue weighted by Gasteiger charge is -2.09. The van der Waals surface area contributed by atoms with Gasteiger partial charge in [0.05, 0.1) is 28.4 Å². The predicted molar refractivity (Wildman–Crippen MR) is 80.5 cm³/mol. The molecule has 1 aromatic heterocycles. The van der Waals surface area contributed by atoms with Gasteiger partial charge in [0.1, 0.15) is 12.4 Å². The Bertz CT molecular complexity index is 776. The fourth-order valence-corrected chi connectivity index (χ4v) is 1.92. The van der Waals surface area contributed by atoms with Crippen molar-refractivity contribution in [3.63, 3.8) is 0 Å². The number of nitrogens with zero attached hydrogens (tertiary/aromatic N) is 3. The van der Waals surface area contributed by atoms with Crippen molar-refractivity contribution in [2.45, 2.75) is 13.3 Å². The maximum absolute atomic E-state index is 12.2. The maximum atomic E-state index is 12.2. The van der Waals surface area contributed by atoms with Crippen LogP contribution < -0.4 is 10.1 Å². The van der Waals surface area contributed by atoms with Crippen LogP contribution in [0.3, 0.4) is 0 Å². The number of halogens is 2. The molecule has 1 aromatic carbocycles. The molecule has 0 radical (unpaired) electrons. The summed E-state index contributed by atoms with van der Waals surface area (Å²) < 4.78 is 30.7. The van der Waals surface area contributed by atoms with Gasteiger partial charge in [0.25, 0.3) is 18.0 Å². The van der Waals surface area contributed by atoms with Crippen LogP contribution in [0.25, 0.3) is 0 Å². The molecule has 2 rings (SSSR count). The van der Waals surface area contributed by atoms with E-state index in [0.717, 1.165) is 12.1 Å². The third-order valence-corrected chi connectivity index (χ3v) is 3.22. The number of aryl methyl sites for hydroxylation is 1. The number of rotatable bonds is 6. The van der Waals surface area contributed by atoms with E-state index < -0.39 is 23.9 Å². The van der Waals surface area contributed by atoms with Gasteiger partial charge in [-0.1, -0.05) is 0 Å². The van der Waals surface area contributed by atoms with Crippen molar-refractivity contribution in [1.29, 1.82) is 0 Å². The normalized spacial score (nSPS) is 10.7. The van der Waals surface area contributed by atoms with Gasteiger partial charge in [0.15, 0.2) is 0 Å². The van der Waals surface area contributed by atoms with Crippen molar-refractivity contribution < 1.29 is 23.2 Å². The number of benzene rings is 1. The first-order valence-corrected chi connectivity index (χ1v) is 6.78. The molecule has 0 saturated heterocycles. The standard InChI is InChI=1S/C14H14F2N4O4/c1-8-12(6-17-19(8)2)14(21)18-9-3-10(20(22)23)5-11(4-9)24-7-13(15)16/h3-6,13H,7H2,1-2H3,(H,18,21). The van der Waals surface area contributed by atoms with Crippen LogP contribution in [0.1, 0.15) is 16.1 Å². The van der Waals surface area contributed by atoms with Crippen LogP contribution in [0.4, 0.5) is 20.2 Å². The number of nitrogens with one attached hydrogen (secondary N) is 1. The van der Waals surface area contributed by atoms with Crippen molar-refractivity contribution >= 4 is 17.3 Å². The quantitative estimate of drug-likeness (QED) is 0.643. The Morgan fingerprint density at radius 3 is 2.71 bits per heavy atom. The van der Waals surface area contributed by atoms with Crippen LogP contribution in [0.15, 0.2) is 24.4 Å². The van der Waals surface area contributed by atoms with E-state index in [1.807, 2.05) is 0 Å². The van der Waals surface area contributed by atoms with E-state index in [0.29, 0.717) is 11.3 Å². The molecule has 0 spiro atoms. The highest BCUT2D eigenvalue weighted by molar-refractivity contribution is 6.05. The van der Waals surface area contributed by atoms with Crippen LogP contribution >= 0.6 is 0 Å². The molecule has 10 heteroatoms. The van der Waals surface area contributed by atoms with Gasteiger partial charge < -0.3 is 10.1 Å². The molecule has 0 saturated carbocycles. The third kappa shape index (κ3) is 4.03. The second kappa shape index (κ2) is 7.02. The van der Waals surface area contributed by atoms with Crippen LogP contribution in [0, 0.1) is 17.0 Å². The number of aromatic nitrogens is 2. The van der Waals surface area contributed by atoms with Gasteiger partial charge in [-0.25, -0.2) is 8.78 Å². The molecule has 0 atom stereocenters. The summed E-state index contributed by atoms with van der Waals surface area (Å²) in [6, 6.07) is 3.35. The largest absolute Gasteiger partial charge is 0.487 e. The zero-order chi connectivity index (χ0) is 17.9. The average molecular weight is 340 g/mol. The Morgan fingerprint density at radius 2 is 2.17 bits per heavy atom. The summed E-state index contributed by atoms with van der Waals surface area (Å²) in [7, 11) is 1.66. The summed E-state index contributed by atoms with van der Waals surface area (Å²) in [6.45, 7) is 0.781. The summed E-state index contributed by atoms with van der Waals surface area (Å²) in [5.74, 6) is -0.663. The summed E-state index contributed by atoms with van der Waals surface area (Å²) in [5, 5.41) is 17.3. The van der Waals surface area contributed by atoms with Gasteiger partial charge in [-0.3, -0.25) is 19.6 Å². The number of carbonyl (C=O) groups is 1. The van der Waals surface area contributed by atoms with E-state index in [1.54, 1.807) is 14.0 Å². The lowest BCUT2D eigenvalue weighted by Crippen LogP contribution is -2.13. The second-order valence-corrected chi connectivity index (χ2v) is 4.90. The molecular weight excluding hydrogens is 326 g/mol. The number of ether oxygens (including phenoxy) is 1. The number of hydrogen-bond acceptors (Lipinski definition) is 5. The SMILES string of the molecule is Cc1c(C(=O)Nc2cc(OCC(F)F)cc([N+](=O)[O-])c2)cnn1C. The van der Waals surface area contributed by atoms with Gasteiger partial charge in [-0.2, -0.15) is 5.10 Å². The summed E-state index contributed by atoms with van der Waals surface area (Å²) in [4.78, 5) is 22.4. The Morgan fingerprint density at radius 1 is 1.46 bits per heavy atom. The number of hydrogen-bond donors (Lipinski definition) is 1. The number of nitro benzene ring substituents is 1. The Labute approximate surface area is 135 Å². The van der Waals surface area contributed by atoms with E-state index in [1.165, 1.54) is 16.9 Å². The van der Waals surface area contributed by atoms with E-state index in [4.69, 9.17) is 4.74 Å². The summed E-state index contributed by atoms with van der Waals surface area (Å²) in [5.41, 5.74) is 0.563. The molecule has 2 aromatic rings. The Kier molecular flexibility index (Phi) is 5.07. The van der Waals surface area contributed by atoms with Gasteiger partial charge in [0, 0.05) is 24.9 Å². The van der Waals surface area contributed by atoms with Crippen LogP contribution in [0.2, 0.25) is 0 Å². The highest BCUT2D eigenvalue weighted by Gasteiger charge is 2.17. The van der Waals surface area contributed by atoms with Crippen LogP contribution in [0.5, 0.6) is 5.75 Å². The van der Waals surface area contributed by atoms with Crippen molar-refractivity contribution in [2.75, 3.05) is 11.9 Å². The van der Waals surface area contributed by atoms with Crippen molar-refractivity contribution in [2.24, 2.45) is 7.05 Å². The molecule has 0 aliphatic heterocycles. The number of alkyl halides is 2. The predicted octanol–water partition coefficient (Wildman–Crippen LogP) is 2.53. The van der Waals surface area contributed by atoms with Gasteiger partial charge in [0.2, 0.25) is 0 Å². The highest BCUT2D eigenvalue weighted by atomic mass is 19.3. The molecule has 8 nitrogen and oxygen atoms in total. The smallest absolute Gasteiger partial charge is 0.275 e. The molecule has 1 N–H and O–H groups in total. The average Bonchev–Trinajstić information content (AvgIpc) is 2.84. The Hall–Kier alpha value is -3.04. The minimum absolute atomic E-state index is 0.0571. The van der Waals surface area contributed by atoms with Gasteiger partial charge in [-0.05, 0) is 6.92 Å². The topological polar surface area (TPSA) is 99.3 Å². The number of amides is 1. The van der Waals surface area contributed by atoms with Crippen molar-refractivity contribution in [3.8, 4) is 5.75 Å². The lowest BCUT2D eigenvalue weighted by atomic mass is 10.2. The molecule has 0 aliphatic rings. The van der Waals surface area contributed by atoms with E-state index >= 15 is 0 Å². The first-order valence-electron chi connectivity index (χ1n) is 6.78. The number of non-ortho nitro benzene ring substituents is 1. The second-order valence-electron chi connectivity index (χ2n) is 4.90. The summed E-state index contributed by atoms with van der Waals surface area (Å²) in [6.07, 6.45) is -1.36. The highest BCUT2D eigenvalue weighted by Crippen LogP contribution is 2.27. The van der Waals surface area contributed by atoms with Gasteiger partial charge in [-0.15, -0.1) is 0 Å². The zero-order valence-corrected chi connectivity index (χ0v) is 12.8. The molecule has 0 unspecified atom stereocenters.